The van der Waals surface area contributed by atoms with Gasteiger partial charge in [-0.2, -0.15) is 0 Å². The van der Waals surface area contributed by atoms with E-state index >= 15 is 0 Å². The third-order valence-corrected chi connectivity index (χ3v) is 0.406. The van der Waals surface area contributed by atoms with Gasteiger partial charge >= 0.3 is 0 Å². The number of rotatable bonds is 0. The third-order valence-electron chi connectivity index (χ3n) is 0.406. The lowest BCUT2D eigenvalue weighted by atomic mass is 10.8. The van der Waals surface area contributed by atoms with Crippen molar-refractivity contribution < 1.29 is 5.10 Å². The van der Waals surface area contributed by atoms with Crippen LogP contribution in [0.1, 0.15) is 0 Å². The van der Waals surface area contributed by atoms with Gasteiger partial charge in [-0.1, -0.05) is 0 Å². The molecular formula is C3H4N2. The highest BCUT2D eigenvalue weighted by atomic mass is 15.1. The number of hydrogen-bond acceptors (Lipinski definition) is 0. The van der Waals surface area contributed by atoms with Gasteiger partial charge in [0.05, 0.1) is 0 Å². The lowest BCUT2D eigenvalue weighted by Crippen LogP contribution is -1.99. The van der Waals surface area contributed by atoms with Crippen molar-refractivity contribution in [2.24, 2.45) is 0 Å². The van der Waals surface area contributed by atoms with Crippen molar-refractivity contribution in [3.05, 3.63) is 18.5 Å². The molecule has 1 aromatic rings. The van der Waals surface area contributed by atoms with Gasteiger partial charge in [0.25, 0.3) is 0 Å². The highest BCUT2D eigenvalue weighted by Gasteiger charge is 1.53. The Labute approximate surface area is 29.8 Å². The predicted octanol–water partition coefficient (Wildman–Crippen LogP) is -0.542. The van der Waals surface area contributed by atoms with Crippen molar-refractivity contribution in [1.82, 2.24) is 5.10 Å². The molecule has 0 spiro atoms. The van der Waals surface area contributed by atoms with Crippen LogP contribution in [0, 0.1) is 0 Å². The summed E-state index contributed by atoms with van der Waals surface area (Å²) in [6.07, 6.45) is 3.46. The van der Waals surface area contributed by atoms with E-state index in [1.165, 1.54) is 0 Å². The zero-order valence-electron chi connectivity index (χ0n) is 2.68. The Bertz CT molecular complexity index is 61.4. The van der Waals surface area contributed by atoms with Crippen LogP contribution in [0.4, 0.5) is 0 Å². The quantitative estimate of drug-likeness (QED) is 0.401. The van der Waals surface area contributed by atoms with Crippen LogP contribution >= 0.6 is 0 Å². The van der Waals surface area contributed by atoms with E-state index in [9.17, 15) is 0 Å². The number of H-pyrrole nitrogens is 1. The molecule has 26 valence electrons. The molecule has 0 saturated heterocycles. The fraction of sp³-hybridized carbons (Fsp3) is 0. The highest BCUT2D eigenvalue weighted by Crippen LogP contribution is 1.56. The summed E-state index contributed by atoms with van der Waals surface area (Å²) in [5.41, 5.74) is 0. The molecule has 1 rings (SSSR count). The number of aromatic amines is 1. The van der Waals surface area contributed by atoms with Crippen LogP contribution in [-0.4, -0.2) is 0 Å². The zero-order valence-corrected chi connectivity index (χ0v) is 2.68. The molecule has 0 saturated carbocycles. The number of hydrogen-bond donors (Lipinski definition) is 0. The van der Waals surface area contributed by atoms with Crippen LogP contribution < -0.4 is 10.2 Å². The van der Waals surface area contributed by atoms with E-state index < -0.39 is 0 Å². The summed E-state index contributed by atoms with van der Waals surface area (Å²) in [6.45, 7) is 0. The van der Waals surface area contributed by atoms with Crippen molar-refractivity contribution in [3.63, 3.8) is 0 Å². The van der Waals surface area contributed by atoms with Crippen LogP contribution in [0.5, 0.6) is 0 Å². The van der Waals surface area contributed by atoms with E-state index in [2.05, 4.69) is 10.2 Å². The summed E-state index contributed by atoms with van der Waals surface area (Å²) in [6, 6.07) is 1.83. The van der Waals surface area contributed by atoms with Crippen molar-refractivity contribution in [2.45, 2.75) is 0 Å². The van der Waals surface area contributed by atoms with Crippen molar-refractivity contribution >= 4 is 0 Å². The monoisotopic (exact) mass is 68.0 g/mol. The minimum Gasteiger partial charge on any atom is -0.420 e. The van der Waals surface area contributed by atoms with Gasteiger partial charge in [-0.3, -0.25) is 5.10 Å². The Balaban J connectivity index is 3.13. The zero-order chi connectivity index (χ0) is 3.54. The largest absolute Gasteiger partial charge is 0.420 e. The Hall–Kier alpha value is -0.790. The molecule has 0 radical (unpaired) electrons. The van der Waals surface area contributed by atoms with E-state index in [0.29, 0.717) is 0 Å². The molecule has 1 aromatic heterocycles. The van der Waals surface area contributed by atoms with Gasteiger partial charge in [0.2, 0.25) is 0 Å². The maximum Gasteiger partial charge on any atom is 0.155 e. The molecule has 2 nitrogen and oxygen atoms in total. The standard InChI is InChI=1S/C3H4N2/c1-2-4-5-3-1/h1-4H. The van der Waals surface area contributed by atoms with Crippen LogP contribution in [0.15, 0.2) is 18.5 Å². The predicted molar refractivity (Wildman–Crippen MR) is 16.3 cm³/mol. The van der Waals surface area contributed by atoms with Crippen LogP contribution in [-0.2, 0) is 0 Å². The Morgan fingerprint density at radius 3 is 2.80 bits per heavy atom. The molecule has 0 fully saturated rings. The van der Waals surface area contributed by atoms with Crippen LogP contribution in [0.2, 0.25) is 0 Å². The molecule has 0 atom stereocenters. The topological polar surface area (TPSA) is 28.2 Å². The van der Waals surface area contributed by atoms with Gasteiger partial charge in [0, 0.05) is 0 Å². The first-order chi connectivity index (χ1) is 2.50. The second-order valence-electron chi connectivity index (χ2n) is 0.766. The molecule has 1 N–H and O–H groups in total. The van der Waals surface area contributed by atoms with E-state index in [4.69, 9.17) is 0 Å². The van der Waals surface area contributed by atoms with Crippen molar-refractivity contribution in [3.8, 4) is 0 Å². The van der Waals surface area contributed by atoms with E-state index in [1.54, 1.807) is 12.4 Å². The molecule has 0 unspecified atom stereocenters. The minimum atomic E-state index is 1.69. The van der Waals surface area contributed by atoms with Crippen molar-refractivity contribution in [1.29, 1.82) is 0 Å². The molecule has 1 heterocycles. The average Bonchev–Trinajstić information content (AvgIpc) is 1.76. The average molecular weight is 68.1 g/mol. The molecular weight excluding hydrogens is 64.0 g/mol. The van der Waals surface area contributed by atoms with E-state index in [-0.39, 0.29) is 0 Å². The highest BCUT2D eigenvalue weighted by molar-refractivity contribution is 4.65. The third kappa shape index (κ3) is 0.265. The Kier molecular flexibility index (Phi) is 0.433. The molecule has 0 aliphatic carbocycles. The summed E-state index contributed by atoms with van der Waals surface area (Å²) in [4.78, 5) is 0. The number of nitrogens with zero attached hydrogens (tertiary/aromatic N) is 1. The lowest BCUT2D eigenvalue weighted by molar-refractivity contribution is -0.455. The van der Waals surface area contributed by atoms with E-state index in [0.717, 1.165) is 0 Å². The fourth-order valence-corrected chi connectivity index (χ4v) is 0.215. The lowest BCUT2D eigenvalue weighted by Gasteiger charge is -1.60. The maximum atomic E-state index is 3.60. The molecule has 0 aliphatic heterocycles. The summed E-state index contributed by atoms with van der Waals surface area (Å²) in [7, 11) is 0. The minimum absolute atomic E-state index is 1.69. The SMILES string of the molecule is c1c[n-][nH+]c1. The summed E-state index contributed by atoms with van der Waals surface area (Å²) >= 11 is 0. The number of nitrogens with one attached hydrogen (secondary N) is 1. The Morgan fingerprint density at radius 1 is 1.60 bits per heavy atom. The first-order valence-corrected chi connectivity index (χ1v) is 1.44. The molecule has 0 bridgehead atoms. The fourth-order valence-electron chi connectivity index (χ4n) is 0.215. The van der Waals surface area contributed by atoms with Gasteiger partial charge in [-0.05, 0) is 6.07 Å². The second kappa shape index (κ2) is 0.885. The normalized spacial score (nSPS) is 8.00. The first kappa shape index (κ1) is 2.45. The van der Waals surface area contributed by atoms with Gasteiger partial charge in [-0.15, -0.1) is 6.20 Å². The Morgan fingerprint density at radius 2 is 2.60 bits per heavy atom. The summed E-state index contributed by atoms with van der Waals surface area (Å²) in [5, 5.41) is 6.21. The van der Waals surface area contributed by atoms with Gasteiger partial charge in [0.1, 0.15) is 0 Å². The molecule has 0 amide bonds. The molecule has 0 aliphatic rings. The first-order valence-electron chi connectivity index (χ1n) is 1.44. The summed E-state index contributed by atoms with van der Waals surface area (Å²) in [5.74, 6) is 0. The maximum absolute atomic E-state index is 3.60. The summed E-state index contributed by atoms with van der Waals surface area (Å²) < 4.78 is 0. The molecule has 2 heteroatoms. The molecule has 5 heavy (non-hydrogen) atoms. The van der Waals surface area contributed by atoms with Crippen LogP contribution in [0.3, 0.4) is 0 Å². The van der Waals surface area contributed by atoms with Gasteiger partial charge in [0.15, 0.2) is 6.20 Å². The van der Waals surface area contributed by atoms with Crippen LogP contribution in [0.25, 0.3) is 0 Å². The second-order valence-corrected chi connectivity index (χ2v) is 0.766. The van der Waals surface area contributed by atoms with Gasteiger partial charge < -0.3 is 5.10 Å². The number of aromatic nitrogens is 2. The molecule has 0 aromatic carbocycles. The van der Waals surface area contributed by atoms with E-state index in [1.807, 2.05) is 6.07 Å². The van der Waals surface area contributed by atoms with Gasteiger partial charge in [-0.25, -0.2) is 0 Å². The van der Waals surface area contributed by atoms with Crippen molar-refractivity contribution in [2.75, 3.05) is 0 Å². The smallest absolute Gasteiger partial charge is 0.155 e.